The lowest BCUT2D eigenvalue weighted by Gasteiger charge is -2.20. The van der Waals surface area contributed by atoms with Crippen LogP contribution in [0.25, 0.3) is 10.8 Å². The number of hydrogen-bond acceptors (Lipinski definition) is 2. The predicted octanol–water partition coefficient (Wildman–Crippen LogP) is 3.03. The number of guanidine groups is 1. The number of aliphatic hydroxyl groups excluding tert-OH is 1. The number of benzene rings is 2. The van der Waals surface area contributed by atoms with E-state index in [1.165, 1.54) is 16.3 Å². The fourth-order valence-electron chi connectivity index (χ4n) is 3.05. The zero-order chi connectivity index (χ0) is 16.1. The minimum atomic E-state index is -0.223. The number of aliphatic imine (C=N–C) groups is 1. The van der Waals surface area contributed by atoms with E-state index in [2.05, 4.69) is 59.6 Å². The molecule has 1 aliphatic rings. The molecule has 1 heterocycles. The summed E-state index contributed by atoms with van der Waals surface area (Å²) >= 11 is 0. The normalized spacial score (nSPS) is 17.8. The molecule has 2 N–H and O–H groups in total. The van der Waals surface area contributed by atoms with Gasteiger partial charge in [-0.2, -0.15) is 0 Å². The van der Waals surface area contributed by atoms with Crippen LogP contribution in [-0.2, 0) is 6.42 Å². The molecule has 2 aromatic carbocycles. The summed E-state index contributed by atoms with van der Waals surface area (Å²) in [6.45, 7) is 5.24. The fraction of sp³-hybridized carbons (Fsp3) is 0.421. The van der Waals surface area contributed by atoms with E-state index < -0.39 is 0 Å². The number of aliphatic hydroxyl groups is 1. The van der Waals surface area contributed by atoms with Crippen LogP contribution in [0.2, 0.25) is 0 Å². The topological polar surface area (TPSA) is 47.9 Å². The maximum atomic E-state index is 9.70. The number of fused-ring (bicyclic) bond motifs is 1. The Balaban J connectivity index is 0.00000208. The van der Waals surface area contributed by atoms with Crippen LogP contribution in [0.3, 0.4) is 0 Å². The molecular formula is C19H26IN3O. The summed E-state index contributed by atoms with van der Waals surface area (Å²) in [6.07, 6.45) is 1.53. The van der Waals surface area contributed by atoms with Crippen LogP contribution < -0.4 is 5.32 Å². The molecule has 24 heavy (non-hydrogen) atoms. The van der Waals surface area contributed by atoms with Crippen LogP contribution in [0.4, 0.5) is 0 Å². The van der Waals surface area contributed by atoms with E-state index in [4.69, 9.17) is 4.99 Å². The Hall–Kier alpha value is -1.34. The summed E-state index contributed by atoms with van der Waals surface area (Å²) in [7, 11) is 0. The van der Waals surface area contributed by atoms with Gasteiger partial charge in [-0.05, 0) is 36.1 Å². The smallest absolute Gasteiger partial charge is 0.194 e. The second-order valence-corrected chi connectivity index (χ2v) is 6.06. The average molecular weight is 439 g/mol. The molecule has 0 unspecified atom stereocenters. The monoisotopic (exact) mass is 439 g/mol. The van der Waals surface area contributed by atoms with Crippen LogP contribution in [-0.4, -0.2) is 48.2 Å². The molecule has 1 aliphatic heterocycles. The quantitative estimate of drug-likeness (QED) is 0.438. The van der Waals surface area contributed by atoms with Gasteiger partial charge in [-0.15, -0.1) is 24.0 Å². The van der Waals surface area contributed by atoms with Gasteiger partial charge < -0.3 is 15.3 Å². The van der Waals surface area contributed by atoms with Crippen LogP contribution in [0, 0.1) is 0 Å². The summed E-state index contributed by atoms with van der Waals surface area (Å²) < 4.78 is 0. The second-order valence-electron chi connectivity index (χ2n) is 6.06. The van der Waals surface area contributed by atoms with Gasteiger partial charge in [0.25, 0.3) is 0 Å². The number of β-amino-alcohol motifs (C(OH)–C–C–N with tert-alkyl or cyclic N) is 1. The van der Waals surface area contributed by atoms with Crippen LogP contribution in [0.5, 0.6) is 0 Å². The molecule has 0 amide bonds. The Bertz CT molecular complexity index is 689. The predicted molar refractivity (Wildman–Crippen MR) is 111 cm³/mol. The molecular weight excluding hydrogens is 413 g/mol. The lowest BCUT2D eigenvalue weighted by atomic mass is 10.1. The van der Waals surface area contributed by atoms with E-state index in [-0.39, 0.29) is 30.1 Å². The zero-order valence-electron chi connectivity index (χ0n) is 14.1. The highest BCUT2D eigenvalue weighted by Crippen LogP contribution is 2.16. The van der Waals surface area contributed by atoms with Gasteiger partial charge in [0, 0.05) is 26.2 Å². The Morgan fingerprint density at radius 1 is 1.25 bits per heavy atom. The third kappa shape index (κ3) is 4.83. The van der Waals surface area contributed by atoms with Crippen molar-refractivity contribution < 1.29 is 5.11 Å². The Morgan fingerprint density at radius 2 is 2.04 bits per heavy atom. The summed E-state index contributed by atoms with van der Waals surface area (Å²) in [4.78, 5) is 6.87. The standard InChI is InChI=1S/C19H25N3O.HI/c1-2-20-19(22-12-10-18(23)14-22)21-11-9-15-7-8-16-5-3-4-6-17(16)13-15;/h3-8,13,18,23H,2,9-12,14H2,1H3,(H,20,21);1H/t18-;/m1./s1. The van der Waals surface area contributed by atoms with E-state index >= 15 is 0 Å². The van der Waals surface area contributed by atoms with Gasteiger partial charge in [-0.1, -0.05) is 42.5 Å². The number of rotatable bonds is 4. The van der Waals surface area contributed by atoms with Crippen molar-refractivity contribution in [2.75, 3.05) is 26.2 Å². The zero-order valence-corrected chi connectivity index (χ0v) is 16.4. The highest BCUT2D eigenvalue weighted by atomic mass is 127. The van der Waals surface area contributed by atoms with Crippen LogP contribution in [0.15, 0.2) is 47.5 Å². The van der Waals surface area contributed by atoms with Gasteiger partial charge in [0.15, 0.2) is 5.96 Å². The van der Waals surface area contributed by atoms with Crippen molar-refractivity contribution in [3.63, 3.8) is 0 Å². The van der Waals surface area contributed by atoms with E-state index in [0.29, 0.717) is 6.54 Å². The van der Waals surface area contributed by atoms with Crippen molar-refractivity contribution in [3.05, 3.63) is 48.0 Å². The summed E-state index contributed by atoms with van der Waals surface area (Å²) in [5, 5.41) is 15.6. The maximum absolute atomic E-state index is 9.70. The van der Waals surface area contributed by atoms with Crippen molar-refractivity contribution in [2.45, 2.75) is 25.9 Å². The summed E-state index contributed by atoms with van der Waals surface area (Å²) in [6, 6.07) is 15.0. The Kier molecular flexibility index (Phi) is 7.30. The van der Waals surface area contributed by atoms with Crippen molar-refractivity contribution >= 4 is 40.7 Å². The lowest BCUT2D eigenvalue weighted by molar-refractivity contribution is 0.188. The first kappa shape index (κ1) is 19.0. The van der Waals surface area contributed by atoms with Crippen LogP contribution >= 0.6 is 24.0 Å². The molecule has 0 aliphatic carbocycles. The molecule has 0 radical (unpaired) electrons. The van der Waals surface area contributed by atoms with Gasteiger partial charge in [-0.25, -0.2) is 0 Å². The molecule has 2 aromatic rings. The third-order valence-electron chi connectivity index (χ3n) is 4.27. The average Bonchev–Trinajstić information content (AvgIpc) is 3.00. The number of hydrogen-bond donors (Lipinski definition) is 2. The van der Waals surface area contributed by atoms with E-state index in [9.17, 15) is 5.11 Å². The van der Waals surface area contributed by atoms with E-state index in [1.807, 2.05) is 0 Å². The minimum Gasteiger partial charge on any atom is -0.391 e. The molecule has 0 aromatic heterocycles. The number of nitrogens with zero attached hydrogens (tertiary/aromatic N) is 2. The summed E-state index contributed by atoms with van der Waals surface area (Å²) in [5.74, 6) is 0.921. The molecule has 0 saturated carbocycles. The molecule has 5 heteroatoms. The van der Waals surface area contributed by atoms with Gasteiger partial charge in [0.2, 0.25) is 0 Å². The SMILES string of the molecule is CCNC(=NCCc1ccc2ccccc2c1)N1CC[C@@H](O)C1.I. The molecule has 1 saturated heterocycles. The van der Waals surface area contributed by atoms with Gasteiger partial charge in [0.1, 0.15) is 0 Å². The molecule has 0 spiro atoms. The van der Waals surface area contributed by atoms with Crippen molar-refractivity contribution in [1.82, 2.24) is 10.2 Å². The van der Waals surface area contributed by atoms with Crippen molar-refractivity contribution in [1.29, 1.82) is 0 Å². The maximum Gasteiger partial charge on any atom is 0.194 e. The van der Waals surface area contributed by atoms with E-state index in [0.717, 1.165) is 38.4 Å². The van der Waals surface area contributed by atoms with Gasteiger partial charge in [-0.3, -0.25) is 4.99 Å². The molecule has 1 atom stereocenters. The highest BCUT2D eigenvalue weighted by molar-refractivity contribution is 14.0. The van der Waals surface area contributed by atoms with Crippen molar-refractivity contribution in [2.24, 2.45) is 4.99 Å². The number of nitrogens with one attached hydrogen (secondary N) is 1. The molecule has 130 valence electrons. The van der Waals surface area contributed by atoms with Gasteiger partial charge >= 0.3 is 0 Å². The van der Waals surface area contributed by atoms with E-state index in [1.54, 1.807) is 0 Å². The van der Waals surface area contributed by atoms with Gasteiger partial charge in [0.05, 0.1) is 6.10 Å². The molecule has 1 fully saturated rings. The Labute approximate surface area is 161 Å². The fourth-order valence-corrected chi connectivity index (χ4v) is 3.05. The third-order valence-corrected chi connectivity index (χ3v) is 4.27. The molecule has 3 rings (SSSR count). The number of likely N-dealkylation sites (tertiary alicyclic amines) is 1. The largest absolute Gasteiger partial charge is 0.391 e. The minimum absolute atomic E-state index is 0. The van der Waals surface area contributed by atoms with Crippen molar-refractivity contribution in [3.8, 4) is 0 Å². The Morgan fingerprint density at radius 3 is 2.75 bits per heavy atom. The molecule has 0 bridgehead atoms. The highest BCUT2D eigenvalue weighted by Gasteiger charge is 2.22. The first-order chi connectivity index (χ1) is 11.3. The lowest BCUT2D eigenvalue weighted by Crippen LogP contribution is -2.40. The second kappa shape index (κ2) is 9.22. The number of halogens is 1. The first-order valence-electron chi connectivity index (χ1n) is 8.45. The first-order valence-corrected chi connectivity index (χ1v) is 8.45. The summed E-state index contributed by atoms with van der Waals surface area (Å²) in [5.41, 5.74) is 1.31. The van der Waals surface area contributed by atoms with Crippen LogP contribution in [0.1, 0.15) is 18.9 Å². The molecule has 4 nitrogen and oxygen atoms in total.